The van der Waals surface area contributed by atoms with E-state index in [1.807, 2.05) is 0 Å². The number of halogens is 1. The maximum Gasteiger partial charge on any atom is 0.0887 e. The Morgan fingerprint density at radius 3 is 1.39 bits per heavy atom. The average Bonchev–Trinajstić information content (AvgIpc) is 3.85. The predicted molar refractivity (Wildman–Crippen MR) is 334 cm³/mol. The Morgan fingerprint density at radius 1 is 0.329 bits per heavy atom. The summed E-state index contributed by atoms with van der Waals surface area (Å²) in [6.45, 7) is 27.5. The van der Waals surface area contributed by atoms with Crippen molar-refractivity contribution in [3.8, 4) is 22.3 Å². The van der Waals surface area contributed by atoms with Crippen LogP contribution in [0.2, 0.25) is 5.02 Å². The third-order valence-corrected chi connectivity index (χ3v) is 16.8. The van der Waals surface area contributed by atoms with E-state index in [2.05, 4.69) is 292 Å². The second-order valence-electron chi connectivity index (χ2n) is 24.8. The summed E-state index contributed by atoms with van der Waals surface area (Å²) in [4.78, 5) is 4.84. The zero-order valence-electron chi connectivity index (χ0n) is 46.2. The Morgan fingerprint density at radius 2 is 0.803 bits per heavy atom. The van der Waals surface area contributed by atoms with E-state index >= 15 is 0 Å². The minimum atomic E-state index is -0.165. The lowest BCUT2D eigenvalue weighted by molar-refractivity contribution is 0.590. The summed E-state index contributed by atoms with van der Waals surface area (Å²) in [6.07, 6.45) is 0. The molecule has 76 heavy (non-hydrogen) atoms. The minimum Gasteiger partial charge on any atom is -0.309 e. The van der Waals surface area contributed by atoms with Crippen molar-refractivity contribution in [3.05, 3.63) is 227 Å². The lowest BCUT2D eigenvalue weighted by Crippen LogP contribution is -2.20. The van der Waals surface area contributed by atoms with Crippen LogP contribution in [0.3, 0.4) is 0 Å². The zero-order chi connectivity index (χ0) is 53.5. The van der Waals surface area contributed by atoms with Crippen molar-refractivity contribution in [1.29, 1.82) is 0 Å². The fraction of sp³-hybridized carbons (Fsp3) is 0.222. The van der Waals surface area contributed by atoms with E-state index in [0.717, 1.165) is 45.3 Å². The highest BCUT2D eigenvalue weighted by Crippen LogP contribution is 2.53. The molecule has 1 heterocycles. The monoisotopic (exact) mass is 1030 g/mol. The van der Waals surface area contributed by atoms with Gasteiger partial charge in [0.2, 0.25) is 0 Å². The predicted octanol–water partition coefficient (Wildman–Crippen LogP) is 22.5. The number of fused-ring (bicyclic) bond motifs is 7. The van der Waals surface area contributed by atoms with Crippen LogP contribution in [-0.4, -0.2) is 0 Å². The molecular formula is C72H69ClN2S. The van der Waals surface area contributed by atoms with Gasteiger partial charge in [-0.15, -0.1) is 11.3 Å². The number of thiophene rings is 1. The maximum atomic E-state index is 8.29. The Balaban J connectivity index is 1.17. The van der Waals surface area contributed by atoms with Crippen LogP contribution in [0.25, 0.3) is 64.7 Å². The highest BCUT2D eigenvalue weighted by molar-refractivity contribution is 7.17. The molecule has 0 saturated heterocycles. The lowest BCUT2D eigenvalue weighted by atomic mass is 9.84. The summed E-state index contributed by atoms with van der Waals surface area (Å²) in [5.74, 6) is 0. The molecule has 0 spiro atoms. The zero-order valence-corrected chi connectivity index (χ0v) is 47.8. The van der Waals surface area contributed by atoms with Gasteiger partial charge >= 0.3 is 0 Å². The molecule has 10 aromatic carbocycles. The van der Waals surface area contributed by atoms with Gasteiger partial charge in [0.1, 0.15) is 0 Å². The van der Waals surface area contributed by atoms with Gasteiger partial charge in [-0.1, -0.05) is 228 Å². The fourth-order valence-corrected chi connectivity index (χ4v) is 12.3. The number of nitrogens with zero attached hydrogens (tertiary/aromatic N) is 2. The average molecular weight is 1030 g/mol. The topological polar surface area (TPSA) is 6.48 Å². The van der Waals surface area contributed by atoms with Crippen molar-refractivity contribution in [3.63, 3.8) is 0 Å². The van der Waals surface area contributed by atoms with E-state index in [1.54, 1.807) is 11.3 Å². The van der Waals surface area contributed by atoms with E-state index in [9.17, 15) is 0 Å². The SMILES string of the molecule is CC(C)(C)c1ccc(-c2ccc(N(c3ccccc3C(C)(C)C)c3cccc(N(c4ccc(C(C)(C)C)cc4-c4ccc5c6ccccc6c6ccccc6c5c4)c4csc5ccc(C(C)(C)C)cc45)c3Cl)cc2)cc1. The Labute approximate surface area is 460 Å². The Hall–Kier alpha value is -7.17. The van der Waals surface area contributed by atoms with Crippen molar-refractivity contribution in [2.75, 3.05) is 9.80 Å². The number of hydrogen-bond donors (Lipinski definition) is 0. The second kappa shape index (κ2) is 19.1. The number of hydrogen-bond acceptors (Lipinski definition) is 3. The molecule has 4 heteroatoms. The normalized spacial score (nSPS) is 12.5. The van der Waals surface area contributed by atoms with Crippen LogP contribution in [0, 0.1) is 0 Å². The fourth-order valence-electron chi connectivity index (χ4n) is 11.1. The van der Waals surface area contributed by atoms with Crippen LogP contribution in [0.15, 0.2) is 200 Å². The summed E-state index contributed by atoms with van der Waals surface area (Å²) in [5, 5.41) is 11.7. The van der Waals surface area contributed by atoms with Gasteiger partial charge in [0.05, 0.1) is 27.8 Å². The van der Waals surface area contributed by atoms with E-state index in [-0.39, 0.29) is 21.7 Å². The number of anilines is 6. The molecule has 0 aliphatic carbocycles. The van der Waals surface area contributed by atoms with Crippen molar-refractivity contribution in [1.82, 2.24) is 0 Å². The molecule has 0 radical (unpaired) electrons. The standard InChI is InChI=1S/C72H69ClN2S/c1-69(2,3)49-33-28-46(29-34-49)47-30-37-52(38-31-47)74(63-25-18-17-24-61(63)72(10,11)12)64-26-19-27-65(68(64)73)75(66-45-76-67-41-36-51(44-60(66)67)71(7,8)9)62-40-35-50(70(4,5)6)43-58(62)48-32-39-57-55-22-14-13-20-53(55)54-21-15-16-23-56(54)59(57)42-48/h13-45H,1-12H3. The number of rotatable bonds is 8. The highest BCUT2D eigenvalue weighted by Gasteiger charge is 2.30. The van der Waals surface area contributed by atoms with Crippen molar-refractivity contribution < 1.29 is 0 Å². The summed E-state index contributed by atoms with van der Waals surface area (Å²) >= 11 is 10.1. The van der Waals surface area contributed by atoms with Gasteiger partial charge < -0.3 is 9.80 Å². The molecule has 0 fully saturated rings. The van der Waals surface area contributed by atoms with Crippen LogP contribution < -0.4 is 9.80 Å². The van der Waals surface area contributed by atoms with Gasteiger partial charge in [-0.2, -0.15) is 0 Å². The minimum absolute atomic E-state index is 0.0558. The van der Waals surface area contributed by atoms with Gasteiger partial charge in [0, 0.05) is 32.4 Å². The van der Waals surface area contributed by atoms with Gasteiger partial charge in [0.25, 0.3) is 0 Å². The van der Waals surface area contributed by atoms with E-state index in [0.29, 0.717) is 5.02 Å². The molecule has 1 aromatic heterocycles. The van der Waals surface area contributed by atoms with Crippen LogP contribution in [-0.2, 0) is 21.7 Å². The molecule has 11 rings (SSSR count). The third-order valence-electron chi connectivity index (χ3n) is 15.4. The van der Waals surface area contributed by atoms with Crippen LogP contribution in [0.5, 0.6) is 0 Å². The first kappa shape index (κ1) is 51.0. The first-order chi connectivity index (χ1) is 36.1. The molecule has 380 valence electrons. The lowest BCUT2D eigenvalue weighted by Gasteiger charge is -2.34. The first-order valence-electron chi connectivity index (χ1n) is 26.8. The molecule has 0 bridgehead atoms. The summed E-state index contributed by atoms with van der Waals surface area (Å²) < 4.78 is 1.23. The van der Waals surface area contributed by atoms with E-state index in [4.69, 9.17) is 11.6 Å². The van der Waals surface area contributed by atoms with E-state index < -0.39 is 0 Å². The van der Waals surface area contributed by atoms with E-state index in [1.165, 1.54) is 75.8 Å². The summed E-state index contributed by atoms with van der Waals surface area (Å²) in [6, 6.07) is 72.4. The molecule has 0 aliphatic heterocycles. The number of para-hydroxylation sites is 1. The van der Waals surface area contributed by atoms with Gasteiger partial charge in [-0.05, 0) is 154 Å². The molecule has 2 nitrogen and oxygen atoms in total. The van der Waals surface area contributed by atoms with Crippen LogP contribution in [0.1, 0.15) is 105 Å². The molecule has 0 amide bonds. The molecule has 0 saturated carbocycles. The molecule has 0 unspecified atom stereocenters. The molecule has 0 atom stereocenters. The van der Waals surface area contributed by atoms with Crippen molar-refractivity contribution >= 4 is 99.5 Å². The first-order valence-corrected chi connectivity index (χ1v) is 28.1. The van der Waals surface area contributed by atoms with Gasteiger partial charge in [0.15, 0.2) is 0 Å². The van der Waals surface area contributed by atoms with Crippen LogP contribution >= 0.6 is 22.9 Å². The maximum absolute atomic E-state index is 8.29. The summed E-state index contributed by atoms with van der Waals surface area (Å²) in [5.41, 5.74) is 15.6. The molecule has 11 aromatic rings. The number of benzene rings is 10. The largest absolute Gasteiger partial charge is 0.309 e. The highest BCUT2D eigenvalue weighted by atomic mass is 35.5. The van der Waals surface area contributed by atoms with Gasteiger partial charge in [-0.3, -0.25) is 0 Å². The second-order valence-corrected chi connectivity index (χ2v) is 26.1. The smallest absolute Gasteiger partial charge is 0.0887 e. The summed E-state index contributed by atoms with van der Waals surface area (Å²) in [7, 11) is 0. The Kier molecular flexibility index (Phi) is 12.8. The van der Waals surface area contributed by atoms with Crippen molar-refractivity contribution in [2.45, 2.75) is 105 Å². The molecule has 0 aliphatic rings. The van der Waals surface area contributed by atoms with Crippen LogP contribution in [0.4, 0.5) is 34.1 Å². The van der Waals surface area contributed by atoms with Gasteiger partial charge in [-0.25, -0.2) is 0 Å². The van der Waals surface area contributed by atoms with Crippen molar-refractivity contribution in [2.24, 2.45) is 0 Å². The Bertz CT molecular complexity index is 3950. The molecular weight excluding hydrogens is 960 g/mol. The molecule has 0 N–H and O–H groups in total. The third kappa shape index (κ3) is 9.37. The quantitative estimate of drug-likeness (QED) is 0.140.